The molecule has 45 heteroatoms. The molecule has 584 valence electrons. The van der Waals surface area contributed by atoms with Crippen LogP contribution in [0.4, 0.5) is 0 Å². The SMILES string of the molecule is CC(=O)N[C@H]1[C@H](OC[C@H]2O[C@@H](O[C@H]3[C@@H](O)[C@@H](CO[C@@H]4O[C@H](CO)[C@@H](O[C@@H]5O[C@H](CO)[C@H](O)[C@H](O)[C@H]5O)[C@H](O)[C@H]4NC(C)=O)OC(O)[C@@H]3NC(C)=O)[C@H](O)[C@@H](O[C@@H]3O[C@H](CO)[C@@H](O[C@@H]4O[C@H](CO)[C@H](O)[C@H](O)[C@H]4O)[C@H](O)[C@H]3NC(C)=O)[C@H]2O)O[C@H](CO)[C@@H](O[C@@H]2O[C@H](CO)[C@H](O)[C@H](O)[C@H]2O)[C@@H]1O. The highest BCUT2D eigenvalue weighted by molar-refractivity contribution is 5.74. The molecule has 8 aliphatic rings. The number of hydrogen-bond acceptors (Lipinski definition) is 41. The highest BCUT2D eigenvalue weighted by Gasteiger charge is 2.59. The van der Waals surface area contributed by atoms with Gasteiger partial charge in [0.1, 0.15) is 195 Å². The van der Waals surface area contributed by atoms with Crippen LogP contribution in [0.25, 0.3) is 0 Å². The maximum Gasteiger partial charge on any atom is 0.217 e. The molecule has 0 aromatic rings. The van der Waals surface area contributed by atoms with Gasteiger partial charge in [0.25, 0.3) is 0 Å². The summed E-state index contributed by atoms with van der Waals surface area (Å²) in [6.45, 7) is -4.06. The summed E-state index contributed by atoms with van der Waals surface area (Å²) < 4.78 is 87.6. The van der Waals surface area contributed by atoms with E-state index < -0.39 is 322 Å². The molecule has 8 heterocycles. The maximum absolute atomic E-state index is 12.9. The van der Waals surface area contributed by atoms with E-state index in [1.807, 2.05) is 0 Å². The van der Waals surface area contributed by atoms with E-state index in [0.29, 0.717) is 0 Å². The summed E-state index contributed by atoms with van der Waals surface area (Å²) >= 11 is 0. The lowest BCUT2D eigenvalue weighted by atomic mass is 9.94. The molecule has 0 aromatic heterocycles. The first-order valence-electron chi connectivity index (χ1n) is 32.1. The van der Waals surface area contributed by atoms with Gasteiger partial charge in [-0.25, -0.2) is 0 Å². The van der Waals surface area contributed by atoms with Crippen LogP contribution in [0.3, 0.4) is 0 Å². The van der Waals surface area contributed by atoms with Crippen molar-refractivity contribution in [3.05, 3.63) is 0 Å². The highest BCUT2D eigenvalue weighted by atomic mass is 16.8. The second kappa shape index (κ2) is 36.3. The Labute approximate surface area is 572 Å². The lowest BCUT2D eigenvalue weighted by molar-refractivity contribution is -0.380. The zero-order valence-corrected chi connectivity index (χ0v) is 54.3. The Hall–Kier alpha value is -3.60. The monoisotopic (exact) mass is 1480 g/mol. The van der Waals surface area contributed by atoms with Gasteiger partial charge in [-0.1, -0.05) is 0 Å². The van der Waals surface area contributed by atoms with Crippen LogP contribution in [-0.4, -0.2) is 434 Å². The number of ether oxygens (including phenoxy) is 15. The van der Waals surface area contributed by atoms with Crippen molar-refractivity contribution >= 4 is 23.6 Å². The summed E-state index contributed by atoms with van der Waals surface area (Å²) in [6.07, 6.45) is -71.0. The molecule has 8 fully saturated rings. The van der Waals surface area contributed by atoms with Crippen molar-refractivity contribution in [2.45, 2.75) is 273 Å². The Morgan fingerprint density at radius 1 is 0.257 bits per heavy atom. The molecule has 8 aliphatic heterocycles. The molecule has 40 atom stereocenters. The molecule has 8 rings (SSSR count). The van der Waals surface area contributed by atoms with Crippen molar-refractivity contribution in [1.29, 1.82) is 0 Å². The molecule has 0 saturated carbocycles. The van der Waals surface area contributed by atoms with Gasteiger partial charge in [0.05, 0.1) is 52.9 Å². The Morgan fingerprint density at radius 2 is 0.515 bits per heavy atom. The first kappa shape index (κ1) is 83.0. The predicted molar refractivity (Wildman–Crippen MR) is 311 cm³/mol. The average Bonchev–Trinajstić information content (AvgIpc) is 0.779. The summed E-state index contributed by atoms with van der Waals surface area (Å²) in [4.78, 5) is 51.2. The molecule has 0 bridgehead atoms. The lowest BCUT2D eigenvalue weighted by Gasteiger charge is -2.50. The third-order valence-corrected chi connectivity index (χ3v) is 18.2. The smallest absolute Gasteiger partial charge is 0.217 e. The standard InChI is InChI=1S/C56H94N4O41/c1-13(67)57-25-34(76)44(97-53-40(82)37(79)29(71)17(5-61)90-53)20(8-64)93-50(25)87-11-23-32(74)47(28(49(86)89-23)60-16(4)70)100-56-43(85)48(101-52-27(59-15(3)69)36(78)46(22(10-66)95-52)99-55-42(84)39(81)31(73)19(7-63)92-55)33(75)24(96-56)12-88-51-26(58-14(2)68)35(77)45(21(9-65)94-51)98-54-41(83)38(80)30(72)18(6-62)91-54/h17-56,61-66,71-86H,5-12H2,1-4H3,(H,57,67)(H,58,68)(H,59,69)(H,60,70)/t17-,18-,19-,20-,21-,22-,23-,24-,25-,26-,27-,28-,29+,30+,31+,32+,33+,34-,35-,36-,37+,38+,39+,40-,41-,42-,43-,44-,45-,46-,47-,48+,49?,50-,51-,52+,53+,54+,55+,56+/m1/s1. The van der Waals surface area contributed by atoms with Crippen LogP contribution in [0.2, 0.25) is 0 Å². The van der Waals surface area contributed by atoms with Crippen LogP contribution in [0.1, 0.15) is 27.7 Å². The lowest BCUT2D eigenvalue weighted by Crippen LogP contribution is -2.70. The maximum atomic E-state index is 12.9. The molecule has 1 unspecified atom stereocenters. The number of carbonyl (C=O) groups is 4. The van der Waals surface area contributed by atoms with Crippen LogP contribution in [0.15, 0.2) is 0 Å². The quantitative estimate of drug-likeness (QED) is 0.0382. The van der Waals surface area contributed by atoms with Crippen molar-refractivity contribution in [3.8, 4) is 0 Å². The zero-order valence-electron chi connectivity index (χ0n) is 54.3. The van der Waals surface area contributed by atoms with Gasteiger partial charge in [-0.05, 0) is 0 Å². The molecular formula is C56H94N4O41. The second-order valence-corrected chi connectivity index (χ2v) is 25.4. The van der Waals surface area contributed by atoms with Gasteiger partial charge in [0.15, 0.2) is 50.3 Å². The average molecular weight is 1480 g/mol. The Balaban J connectivity index is 1.09. The normalized spacial score (nSPS) is 48.3. The molecule has 0 aromatic carbocycles. The fourth-order valence-electron chi connectivity index (χ4n) is 12.9. The van der Waals surface area contributed by atoms with Crippen molar-refractivity contribution in [3.63, 3.8) is 0 Å². The van der Waals surface area contributed by atoms with E-state index in [4.69, 9.17) is 71.1 Å². The van der Waals surface area contributed by atoms with Crippen molar-refractivity contribution in [1.82, 2.24) is 21.3 Å². The van der Waals surface area contributed by atoms with E-state index >= 15 is 0 Å². The van der Waals surface area contributed by atoms with Crippen LogP contribution in [0, 0.1) is 0 Å². The van der Waals surface area contributed by atoms with Gasteiger partial charge in [-0.3, -0.25) is 19.2 Å². The van der Waals surface area contributed by atoms with Gasteiger partial charge in [-0.15, -0.1) is 0 Å². The fourth-order valence-corrected chi connectivity index (χ4v) is 12.9. The largest absolute Gasteiger partial charge is 0.394 e. The molecule has 4 amide bonds. The van der Waals surface area contributed by atoms with Crippen LogP contribution in [0.5, 0.6) is 0 Å². The molecule has 26 N–H and O–H groups in total. The van der Waals surface area contributed by atoms with E-state index in [9.17, 15) is 132 Å². The van der Waals surface area contributed by atoms with Gasteiger partial charge >= 0.3 is 0 Å². The van der Waals surface area contributed by atoms with Crippen LogP contribution in [-0.2, 0) is 90.2 Å². The molecule has 0 radical (unpaired) electrons. The third kappa shape index (κ3) is 18.7. The van der Waals surface area contributed by atoms with E-state index in [1.54, 1.807) is 0 Å². The van der Waals surface area contributed by atoms with Crippen molar-refractivity contribution in [2.24, 2.45) is 0 Å². The van der Waals surface area contributed by atoms with Gasteiger partial charge in [0, 0.05) is 27.7 Å². The number of hydrogen-bond donors (Lipinski definition) is 26. The summed E-state index contributed by atoms with van der Waals surface area (Å²) in [7, 11) is 0. The predicted octanol–water partition coefficient (Wildman–Crippen LogP) is -17.9. The van der Waals surface area contributed by atoms with E-state index in [2.05, 4.69) is 21.3 Å². The van der Waals surface area contributed by atoms with E-state index in [0.717, 1.165) is 27.7 Å². The molecule has 0 aliphatic carbocycles. The number of aliphatic hydroxyl groups excluding tert-OH is 22. The topological polar surface area (TPSA) is 700 Å². The Morgan fingerprint density at radius 3 is 0.851 bits per heavy atom. The van der Waals surface area contributed by atoms with Gasteiger partial charge in [-0.2, -0.15) is 0 Å². The third-order valence-electron chi connectivity index (χ3n) is 18.2. The first-order chi connectivity index (χ1) is 47.7. The van der Waals surface area contributed by atoms with Crippen molar-refractivity contribution in [2.75, 3.05) is 52.9 Å². The molecular weight excluding hydrogens is 1380 g/mol. The summed E-state index contributed by atoms with van der Waals surface area (Å²) in [5.74, 6) is -3.57. The number of rotatable bonds is 26. The molecule has 45 nitrogen and oxygen atoms in total. The Kier molecular flexibility index (Phi) is 29.9. The summed E-state index contributed by atoms with van der Waals surface area (Å²) in [6, 6.07) is -7.32. The fraction of sp³-hybridized carbons (Fsp3) is 0.929. The number of amides is 4. The molecule has 101 heavy (non-hydrogen) atoms. The molecule has 8 saturated heterocycles. The van der Waals surface area contributed by atoms with E-state index in [-0.39, 0.29) is 0 Å². The second-order valence-electron chi connectivity index (χ2n) is 25.4. The Bertz CT molecular complexity index is 2630. The molecule has 0 spiro atoms. The van der Waals surface area contributed by atoms with Gasteiger partial charge < -0.3 is 205 Å². The minimum atomic E-state index is -2.46. The van der Waals surface area contributed by atoms with E-state index in [1.165, 1.54) is 0 Å². The summed E-state index contributed by atoms with van der Waals surface area (Å²) in [5.41, 5.74) is 0. The first-order valence-corrected chi connectivity index (χ1v) is 32.1. The minimum Gasteiger partial charge on any atom is -0.394 e. The van der Waals surface area contributed by atoms with Crippen molar-refractivity contribution < 1.29 is 203 Å². The zero-order chi connectivity index (χ0) is 74.5. The number of nitrogens with one attached hydrogen (secondary N) is 4. The highest BCUT2D eigenvalue weighted by Crippen LogP contribution is 2.38. The summed E-state index contributed by atoms with van der Waals surface area (Å²) in [5, 5.41) is 250. The number of aliphatic hydroxyl groups is 22. The minimum absolute atomic E-state index is 0.840. The van der Waals surface area contributed by atoms with Crippen LogP contribution < -0.4 is 21.3 Å². The van der Waals surface area contributed by atoms with Crippen LogP contribution >= 0.6 is 0 Å². The number of carbonyl (C=O) groups excluding carboxylic acids is 4. The van der Waals surface area contributed by atoms with Gasteiger partial charge in [0.2, 0.25) is 23.6 Å².